The van der Waals surface area contributed by atoms with E-state index in [-0.39, 0.29) is 0 Å². The molecule has 2 amide bonds. The van der Waals surface area contributed by atoms with Crippen molar-refractivity contribution in [2.45, 2.75) is 12.5 Å². The number of hydrogen-bond donors (Lipinski definition) is 3. The third-order valence-electron chi connectivity index (χ3n) is 3.94. The predicted molar refractivity (Wildman–Crippen MR) is 91.3 cm³/mol. The maximum absolute atomic E-state index is 12.4. The summed E-state index contributed by atoms with van der Waals surface area (Å²) >= 11 is 0. The number of carbonyl (C=O) groups is 4. The van der Waals surface area contributed by atoms with E-state index in [1.54, 1.807) is 24.3 Å². The zero-order valence-electron chi connectivity index (χ0n) is 13.4. The van der Waals surface area contributed by atoms with Crippen LogP contribution in [0.2, 0.25) is 0 Å². The Morgan fingerprint density at radius 1 is 0.923 bits per heavy atom. The Kier molecular flexibility index (Phi) is 4.40. The van der Waals surface area contributed by atoms with E-state index >= 15 is 0 Å². The van der Waals surface area contributed by atoms with E-state index in [0.29, 0.717) is 22.5 Å². The number of carboxylic acid groups (broad SMARTS) is 2. The van der Waals surface area contributed by atoms with E-state index in [4.69, 9.17) is 10.2 Å². The molecule has 2 aromatic rings. The Morgan fingerprint density at radius 2 is 1.46 bits per heavy atom. The molecular weight excluding hydrogens is 340 g/mol. The molecule has 1 heterocycles. The van der Waals surface area contributed by atoms with Gasteiger partial charge in [0, 0.05) is 5.69 Å². The number of nitrogens with zero attached hydrogens (tertiary/aromatic N) is 1. The second-order valence-electron chi connectivity index (χ2n) is 5.67. The van der Waals surface area contributed by atoms with Gasteiger partial charge in [-0.2, -0.15) is 0 Å². The molecule has 0 fully saturated rings. The molecular formula is C18H14N2O6. The highest BCUT2D eigenvalue weighted by Crippen LogP contribution is 2.29. The third-order valence-corrected chi connectivity index (χ3v) is 3.94. The summed E-state index contributed by atoms with van der Waals surface area (Å²) in [6, 6.07) is 11.2. The highest BCUT2D eigenvalue weighted by molar-refractivity contribution is 6.34. The summed E-state index contributed by atoms with van der Waals surface area (Å²) in [7, 11) is 0. The number of hydrogen-bond acceptors (Lipinski definition) is 5. The fourth-order valence-electron chi connectivity index (χ4n) is 2.71. The molecule has 0 aromatic heterocycles. The van der Waals surface area contributed by atoms with E-state index < -0.39 is 36.2 Å². The van der Waals surface area contributed by atoms with Gasteiger partial charge in [-0.05, 0) is 36.4 Å². The van der Waals surface area contributed by atoms with Crippen molar-refractivity contribution >= 4 is 35.1 Å². The van der Waals surface area contributed by atoms with Crippen LogP contribution in [0.15, 0.2) is 48.5 Å². The van der Waals surface area contributed by atoms with Crippen molar-refractivity contribution in [2.24, 2.45) is 0 Å². The Morgan fingerprint density at radius 3 is 1.92 bits per heavy atom. The van der Waals surface area contributed by atoms with E-state index in [2.05, 4.69) is 5.32 Å². The minimum Gasteiger partial charge on any atom is -0.481 e. The number of anilines is 2. The average Bonchev–Trinajstić information content (AvgIpc) is 2.86. The van der Waals surface area contributed by atoms with Gasteiger partial charge in [-0.15, -0.1) is 0 Å². The molecule has 0 saturated heterocycles. The molecule has 2 aromatic carbocycles. The first-order valence-electron chi connectivity index (χ1n) is 7.67. The Bertz CT molecular complexity index is 871. The maximum atomic E-state index is 12.4. The number of carboxylic acids is 2. The highest BCUT2D eigenvalue weighted by atomic mass is 16.4. The molecule has 8 heteroatoms. The molecule has 132 valence electrons. The first kappa shape index (κ1) is 17.2. The van der Waals surface area contributed by atoms with Gasteiger partial charge in [0.05, 0.1) is 23.2 Å². The van der Waals surface area contributed by atoms with E-state index in [1.165, 1.54) is 24.3 Å². The molecule has 8 nitrogen and oxygen atoms in total. The van der Waals surface area contributed by atoms with E-state index in [0.717, 1.165) is 4.90 Å². The van der Waals surface area contributed by atoms with Gasteiger partial charge in [0.25, 0.3) is 11.8 Å². The Labute approximate surface area is 147 Å². The van der Waals surface area contributed by atoms with Crippen LogP contribution in [0.1, 0.15) is 27.1 Å². The maximum Gasteiger partial charge on any atom is 0.326 e. The zero-order chi connectivity index (χ0) is 18.8. The van der Waals surface area contributed by atoms with E-state index in [9.17, 15) is 19.2 Å². The lowest BCUT2D eigenvalue weighted by Gasteiger charge is -2.17. The molecule has 1 aliphatic heterocycles. The number of amides is 2. The summed E-state index contributed by atoms with van der Waals surface area (Å²) in [4.78, 5) is 47.7. The molecule has 0 saturated carbocycles. The van der Waals surface area contributed by atoms with Crippen LogP contribution >= 0.6 is 0 Å². The molecule has 0 bridgehead atoms. The number of aliphatic carboxylic acids is 2. The zero-order valence-corrected chi connectivity index (χ0v) is 13.4. The summed E-state index contributed by atoms with van der Waals surface area (Å²) in [5.74, 6) is -3.40. The molecule has 26 heavy (non-hydrogen) atoms. The topological polar surface area (TPSA) is 124 Å². The van der Waals surface area contributed by atoms with Crippen molar-refractivity contribution in [1.82, 2.24) is 0 Å². The minimum absolute atomic E-state index is 0.326. The van der Waals surface area contributed by atoms with Crippen molar-refractivity contribution in [2.75, 3.05) is 10.2 Å². The van der Waals surface area contributed by atoms with Crippen LogP contribution in [-0.4, -0.2) is 40.0 Å². The summed E-state index contributed by atoms with van der Waals surface area (Å²) in [6.45, 7) is 0. The van der Waals surface area contributed by atoms with Gasteiger partial charge in [-0.1, -0.05) is 12.1 Å². The number of rotatable bonds is 6. The Balaban J connectivity index is 1.80. The smallest absolute Gasteiger partial charge is 0.326 e. The third kappa shape index (κ3) is 3.12. The lowest BCUT2D eigenvalue weighted by atomic mass is 10.1. The van der Waals surface area contributed by atoms with Crippen molar-refractivity contribution < 1.29 is 29.4 Å². The number of nitrogens with one attached hydrogen (secondary N) is 1. The fourth-order valence-corrected chi connectivity index (χ4v) is 2.71. The van der Waals surface area contributed by atoms with Gasteiger partial charge in [-0.3, -0.25) is 14.4 Å². The molecule has 1 unspecified atom stereocenters. The number of fused-ring (bicyclic) bond motifs is 1. The van der Waals surface area contributed by atoms with Crippen LogP contribution in [0.4, 0.5) is 11.4 Å². The quantitative estimate of drug-likeness (QED) is 0.676. The monoisotopic (exact) mass is 354 g/mol. The summed E-state index contributed by atoms with van der Waals surface area (Å²) in [6.07, 6.45) is -0.588. The Hall–Kier alpha value is -3.68. The number of carbonyl (C=O) groups excluding carboxylic acids is 2. The van der Waals surface area contributed by atoms with Crippen LogP contribution < -0.4 is 10.2 Å². The second-order valence-corrected chi connectivity index (χ2v) is 5.67. The first-order chi connectivity index (χ1) is 12.4. The summed E-state index contributed by atoms with van der Waals surface area (Å²) in [5.41, 5.74) is 1.35. The predicted octanol–water partition coefficient (Wildman–Crippen LogP) is 1.83. The highest BCUT2D eigenvalue weighted by Gasteiger charge is 2.36. The van der Waals surface area contributed by atoms with Crippen LogP contribution in [0.3, 0.4) is 0 Å². The molecule has 3 rings (SSSR count). The van der Waals surface area contributed by atoms with Crippen molar-refractivity contribution in [1.29, 1.82) is 0 Å². The number of benzene rings is 2. The van der Waals surface area contributed by atoms with Crippen molar-refractivity contribution in [3.8, 4) is 0 Å². The van der Waals surface area contributed by atoms with Gasteiger partial charge in [0.2, 0.25) is 0 Å². The largest absolute Gasteiger partial charge is 0.481 e. The second kappa shape index (κ2) is 6.67. The van der Waals surface area contributed by atoms with Crippen LogP contribution in [0, 0.1) is 0 Å². The van der Waals surface area contributed by atoms with Gasteiger partial charge in [0.1, 0.15) is 6.04 Å². The molecule has 0 radical (unpaired) electrons. The normalized spacial score (nSPS) is 14.1. The van der Waals surface area contributed by atoms with Crippen molar-refractivity contribution in [3.05, 3.63) is 59.7 Å². The first-order valence-corrected chi connectivity index (χ1v) is 7.67. The summed E-state index contributed by atoms with van der Waals surface area (Å²) < 4.78 is 0. The van der Waals surface area contributed by atoms with Gasteiger partial charge in [-0.25, -0.2) is 9.69 Å². The SMILES string of the molecule is O=C(O)CC(Nc1ccc(N2C(=O)c3ccccc3C2=O)cc1)C(=O)O. The van der Waals surface area contributed by atoms with Crippen LogP contribution in [0.5, 0.6) is 0 Å². The average molecular weight is 354 g/mol. The molecule has 1 aliphatic rings. The fraction of sp³-hybridized carbons (Fsp3) is 0.111. The number of imide groups is 1. The molecule has 0 spiro atoms. The molecule has 1 atom stereocenters. The summed E-state index contributed by atoms with van der Waals surface area (Å²) in [5, 5.41) is 20.4. The lowest BCUT2D eigenvalue weighted by molar-refractivity contribution is -0.144. The van der Waals surface area contributed by atoms with Gasteiger partial charge in [0.15, 0.2) is 0 Å². The van der Waals surface area contributed by atoms with Gasteiger partial charge >= 0.3 is 11.9 Å². The standard InChI is InChI=1S/C18H14N2O6/c21-15(22)9-14(18(25)26)19-10-5-7-11(8-6-10)20-16(23)12-3-1-2-4-13(12)17(20)24/h1-8,14,19H,9H2,(H,21,22)(H,25,26). The molecule has 3 N–H and O–H groups in total. The van der Waals surface area contributed by atoms with E-state index in [1.807, 2.05) is 0 Å². The molecule has 0 aliphatic carbocycles. The lowest BCUT2D eigenvalue weighted by Crippen LogP contribution is -2.32. The van der Waals surface area contributed by atoms with Crippen LogP contribution in [-0.2, 0) is 9.59 Å². The van der Waals surface area contributed by atoms with Crippen LogP contribution in [0.25, 0.3) is 0 Å². The minimum atomic E-state index is -1.29. The van der Waals surface area contributed by atoms with Gasteiger partial charge < -0.3 is 15.5 Å². The van der Waals surface area contributed by atoms with Crippen molar-refractivity contribution in [3.63, 3.8) is 0 Å².